The van der Waals surface area contributed by atoms with Gasteiger partial charge in [-0.1, -0.05) is 48.0 Å². The SMILES string of the molecule is COc1ccc(CCNCc2ccc(OCc3ccc(C)cc3)c(OC)c2)cc1. The van der Waals surface area contributed by atoms with Crippen LogP contribution < -0.4 is 19.5 Å². The van der Waals surface area contributed by atoms with E-state index in [-0.39, 0.29) is 0 Å². The first-order chi connectivity index (χ1) is 14.2. The largest absolute Gasteiger partial charge is 0.497 e. The lowest BCUT2D eigenvalue weighted by Gasteiger charge is -2.13. The number of ether oxygens (including phenoxy) is 3. The summed E-state index contributed by atoms with van der Waals surface area (Å²) in [7, 11) is 3.36. The van der Waals surface area contributed by atoms with E-state index in [0.29, 0.717) is 6.61 Å². The minimum absolute atomic E-state index is 0.524. The zero-order valence-corrected chi connectivity index (χ0v) is 17.4. The van der Waals surface area contributed by atoms with Crippen LogP contribution in [0.25, 0.3) is 0 Å². The zero-order chi connectivity index (χ0) is 20.5. The molecule has 0 spiro atoms. The van der Waals surface area contributed by atoms with Gasteiger partial charge in [0.25, 0.3) is 0 Å². The maximum Gasteiger partial charge on any atom is 0.161 e. The lowest BCUT2D eigenvalue weighted by Crippen LogP contribution is -2.16. The summed E-state index contributed by atoms with van der Waals surface area (Å²) in [5, 5.41) is 3.49. The third-order valence-corrected chi connectivity index (χ3v) is 4.82. The molecule has 0 aliphatic carbocycles. The van der Waals surface area contributed by atoms with Crippen LogP contribution in [0, 0.1) is 6.92 Å². The second kappa shape index (κ2) is 10.5. The van der Waals surface area contributed by atoms with Crippen LogP contribution in [-0.4, -0.2) is 20.8 Å². The van der Waals surface area contributed by atoms with Crippen LogP contribution in [0.2, 0.25) is 0 Å². The van der Waals surface area contributed by atoms with Crippen molar-refractivity contribution in [2.75, 3.05) is 20.8 Å². The minimum atomic E-state index is 0.524. The van der Waals surface area contributed by atoms with Gasteiger partial charge >= 0.3 is 0 Å². The van der Waals surface area contributed by atoms with E-state index < -0.39 is 0 Å². The summed E-state index contributed by atoms with van der Waals surface area (Å²) in [5.41, 5.74) is 4.84. The van der Waals surface area contributed by atoms with Crippen LogP contribution in [0.4, 0.5) is 0 Å². The molecule has 0 aliphatic rings. The topological polar surface area (TPSA) is 39.7 Å². The fourth-order valence-electron chi connectivity index (χ4n) is 3.04. The summed E-state index contributed by atoms with van der Waals surface area (Å²) in [6.45, 7) is 4.29. The molecule has 0 amide bonds. The van der Waals surface area contributed by atoms with Gasteiger partial charge in [-0.2, -0.15) is 0 Å². The van der Waals surface area contributed by atoms with Crippen molar-refractivity contribution >= 4 is 0 Å². The summed E-state index contributed by atoms with van der Waals surface area (Å²) in [4.78, 5) is 0. The van der Waals surface area contributed by atoms with E-state index in [4.69, 9.17) is 14.2 Å². The van der Waals surface area contributed by atoms with Crippen LogP contribution in [0.3, 0.4) is 0 Å². The van der Waals surface area contributed by atoms with Crippen molar-refractivity contribution in [2.24, 2.45) is 0 Å². The zero-order valence-electron chi connectivity index (χ0n) is 17.4. The Hall–Kier alpha value is -2.98. The van der Waals surface area contributed by atoms with Gasteiger partial charge in [-0.3, -0.25) is 0 Å². The first kappa shape index (κ1) is 20.7. The Kier molecular flexibility index (Phi) is 7.54. The van der Waals surface area contributed by atoms with E-state index in [2.05, 4.69) is 54.7 Å². The van der Waals surface area contributed by atoms with E-state index in [9.17, 15) is 0 Å². The van der Waals surface area contributed by atoms with E-state index in [0.717, 1.165) is 42.3 Å². The lowest BCUT2D eigenvalue weighted by molar-refractivity contribution is 0.284. The quantitative estimate of drug-likeness (QED) is 0.498. The number of hydrogen-bond donors (Lipinski definition) is 1. The number of rotatable bonds is 10. The number of benzene rings is 3. The van der Waals surface area contributed by atoms with E-state index in [1.54, 1.807) is 14.2 Å². The van der Waals surface area contributed by atoms with Crippen LogP contribution >= 0.6 is 0 Å². The van der Waals surface area contributed by atoms with Crippen molar-refractivity contribution in [1.29, 1.82) is 0 Å². The lowest BCUT2D eigenvalue weighted by atomic mass is 10.1. The molecule has 3 aromatic rings. The molecule has 3 aromatic carbocycles. The number of hydrogen-bond acceptors (Lipinski definition) is 4. The van der Waals surface area contributed by atoms with Crippen LogP contribution in [-0.2, 0) is 19.6 Å². The van der Waals surface area contributed by atoms with Crippen LogP contribution in [0.1, 0.15) is 22.3 Å². The highest BCUT2D eigenvalue weighted by atomic mass is 16.5. The van der Waals surface area contributed by atoms with Crippen molar-refractivity contribution in [3.8, 4) is 17.2 Å². The second-order valence-corrected chi connectivity index (χ2v) is 7.03. The molecule has 4 heteroatoms. The highest BCUT2D eigenvalue weighted by Crippen LogP contribution is 2.29. The van der Waals surface area contributed by atoms with Crippen molar-refractivity contribution in [3.05, 3.63) is 89.0 Å². The minimum Gasteiger partial charge on any atom is -0.497 e. The average molecular weight is 392 g/mol. The molecule has 0 atom stereocenters. The molecule has 0 aliphatic heterocycles. The van der Waals surface area contributed by atoms with E-state index in [1.165, 1.54) is 16.7 Å². The second-order valence-electron chi connectivity index (χ2n) is 7.03. The summed E-state index contributed by atoms with van der Waals surface area (Å²) < 4.78 is 16.7. The Morgan fingerprint density at radius 2 is 1.41 bits per heavy atom. The summed E-state index contributed by atoms with van der Waals surface area (Å²) >= 11 is 0. The van der Waals surface area contributed by atoms with Gasteiger partial charge in [0.2, 0.25) is 0 Å². The van der Waals surface area contributed by atoms with Gasteiger partial charge in [-0.25, -0.2) is 0 Å². The fourth-order valence-corrected chi connectivity index (χ4v) is 3.04. The van der Waals surface area contributed by atoms with Crippen molar-refractivity contribution < 1.29 is 14.2 Å². The molecule has 0 saturated carbocycles. The standard InChI is InChI=1S/C25H29NO3/c1-19-4-6-21(7-5-19)18-29-24-13-10-22(16-25(24)28-3)17-26-15-14-20-8-11-23(27-2)12-9-20/h4-13,16,26H,14-15,17-18H2,1-3H3. The molecule has 29 heavy (non-hydrogen) atoms. The maximum atomic E-state index is 5.96. The van der Waals surface area contributed by atoms with Gasteiger partial charge in [0.1, 0.15) is 12.4 Å². The molecule has 0 fully saturated rings. The Labute approximate surface area is 173 Å². The molecule has 0 heterocycles. The van der Waals surface area contributed by atoms with Crippen molar-refractivity contribution in [3.63, 3.8) is 0 Å². The smallest absolute Gasteiger partial charge is 0.161 e. The highest BCUT2D eigenvalue weighted by molar-refractivity contribution is 5.43. The van der Waals surface area contributed by atoms with Gasteiger partial charge in [0.05, 0.1) is 14.2 Å². The number of aryl methyl sites for hydroxylation is 1. The summed E-state index contributed by atoms with van der Waals surface area (Å²) in [6.07, 6.45) is 0.971. The van der Waals surface area contributed by atoms with Gasteiger partial charge in [0, 0.05) is 6.54 Å². The van der Waals surface area contributed by atoms with Gasteiger partial charge in [-0.15, -0.1) is 0 Å². The molecule has 0 bridgehead atoms. The maximum absolute atomic E-state index is 5.96. The van der Waals surface area contributed by atoms with Gasteiger partial charge in [0.15, 0.2) is 11.5 Å². The Morgan fingerprint density at radius 1 is 0.724 bits per heavy atom. The molecule has 0 unspecified atom stereocenters. The molecule has 0 radical (unpaired) electrons. The monoisotopic (exact) mass is 391 g/mol. The molecular weight excluding hydrogens is 362 g/mol. The highest BCUT2D eigenvalue weighted by Gasteiger charge is 2.06. The normalized spacial score (nSPS) is 10.6. The third kappa shape index (κ3) is 6.26. The number of methoxy groups -OCH3 is 2. The van der Waals surface area contributed by atoms with Crippen molar-refractivity contribution in [1.82, 2.24) is 5.32 Å². The average Bonchev–Trinajstić information content (AvgIpc) is 2.77. The molecule has 0 saturated heterocycles. The van der Waals surface area contributed by atoms with E-state index in [1.807, 2.05) is 24.3 Å². The molecular formula is C25H29NO3. The molecule has 0 aromatic heterocycles. The molecule has 3 rings (SSSR count). The first-order valence-corrected chi connectivity index (χ1v) is 9.87. The molecule has 1 N–H and O–H groups in total. The number of nitrogens with one attached hydrogen (secondary N) is 1. The summed E-state index contributed by atoms with van der Waals surface area (Å²) in [5.74, 6) is 2.40. The van der Waals surface area contributed by atoms with E-state index >= 15 is 0 Å². The van der Waals surface area contributed by atoms with Gasteiger partial charge < -0.3 is 19.5 Å². The predicted molar refractivity (Wildman–Crippen MR) is 117 cm³/mol. The first-order valence-electron chi connectivity index (χ1n) is 9.87. The Bertz CT molecular complexity index is 889. The third-order valence-electron chi connectivity index (χ3n) is 4.82. The Morgan fingerprint density at radius 3 is 2.10 bits per heavy atom. The Balaban J connectivity index is 1.49. The predicted octanol–water partition coefficient (Wildman–Crippen LogP) is 4.92. The molecule has 4 nitrogen and oxygen atoms in total. The fraction of sp³-hybridized carbons (Fsp3) is 0.280. The van der Waals surface area contributed by atoms with Gasteiger partial charge in [-0.05, 0) is 60.8 Å². The van der Waals surface area contributed by atoms with Crippen LogP contribution in [0.15, 0.2) is 66.7 Å². The van der Waals surface area contributed by atoms with Crippen molar-refractivity contribution in [2.45, 2.75) is 26.5 Å². The summed E-state index contributed by atoms with van der Waals surface area (Å²) in [6, 6.07) is 22.6. The molecule has 152 valence electrons. The van der Waals surface area contributed by atoms with Crippen LogP contribution in [0.5, 0.6) is 17.2 Å².